The molecular weight excluding hydrogens is 220 g/mol. The van der Waals surface area contributed by atoms with Gasteiger partial charge in [-0.2, -0.15) is 0 Å². The SMILES string of the molecule is COC(=O)C(C)Nc1nnc2ccccc2n1. The van der Waals surface area contributed by atoms with Crippen molar-refractivity contribution in [2.24, 2.45) is 0 Å². The van der Waals surface area contributed by atoms with E-state index in [-0.39, 0.29) is 5.97 Å². The van der Waals surface area contributed by atoms with Crippen molar-refractivity contribution in [3.63, 3.8) is 0 Å². The Bertz CT molecular complexity index is 544. The molecule has 0 saturated carbocycles. The van der Waals surface area contributed by atoms with Crippen molar-refractivity contribution in [2.75, 3.05) is 12.4 Å². The molecule has 0 spiro atoms. The fourth-order valence-electron chi connectivity index (χ4n) is 1.37. The van der Waals surface area contributed by atoms with E-state index in [2.05, 4.69) is 25.2 Å². The molecule has 0 bridgehead atoms. The second-order valence-corrected chi connectivity index (χ2v) is 3.51. The number of fused-ring (bicyclic) bond motifs is 1. The molecule has 6 heteroatoms. The highest BCUT2D eigenvalue weighted by atomic mass is 16.5. The number of hydrogen-bond donors (Lipinski definition) is 1. The second kappa shape index (κ2) is 4.73. The van der Waals surface area contributed by atoms with Gasteiger partial charge in [-0.15, -0.1) is 10.2 Å². The number of ether oxygens (including phenoxy) is 1. The van der Waals surface area contributed by atoms with Gasteiger partial charge >= 0.3 is 5.97 Å². The summed E-state index contributed by atoms with van der Waals surface area (Å²) in [6, 6.07) is 6.87. The number of benzene rings is 1. The highest BCUT2D eigenvalue weighted by molar-refractivity contribution is 5.78. The van der Waals surface area contributed by atoms with Crippen molar-refractivity contribution < 1.29 is 9.53 Å². The maximum atomic E-state index is 11.2. The predicted molar refractivity (Wildman–Crippen MR) is 62.4 cm³/mol. The number of rotatable bonds is 3. The Morgan fingerprint density at radius 1 is 1.29 bits per heavy atom. The van der Waals surface area contributed by atoms with E-state index < -0.39 is 6.04 Å². The van der Waals surface area contributed by atoms with Crippen molar-refractivity contribution >= 4 is 23.0 Å². The quantitative estimate of drug-likeness (QED) is 0.795. The first-order valence-corrected chi connectivity index (χ1v) is 5.14. The zero-order valence-corrected chi connectivity index (χ0v) is 9.54. The summed E-state index contributed by atoms with van der Waals surface area (Å²) in [5.41, 5.74) is 1.44. The van der Waals surface area contributed by atoms with Gasteiger partial charge < -0.3 is 10.1 Å². The molecule has 0 aliphatic heterocycles. The molecule has 17 heavy (non-hydrogen) atoms. The number of nitrogens with one attached hydrogen (secondary N) is 1. The van der Waals surface area contributed by atoms with E-state index >= 15 is 0 Å². The molecule has 2 aromatic rings. The Kier molecular flexibility index (Phi) is 3.13. The van der Waals surface area contributed by atoms with Crippen LogP contribution in [0.25, 0.3) is 11.0 Å². The minimum absolute atomic E-state index is 0.307. The Labute approximate surface area is 98.0 Å². The Balaban J connectivity index is 2.22. The van der Waals surface area contributed by atoms with Crippen molar-refractivity contribution in [3.05, 3.63) is 24.3 Å². The van der Waals surface area contributed by atoms with Gasteiger partial charge in [-0.1, -0.05) is 12.1 Å². The molecule has 0 aliphatic rings. The summed E-state index contributed by atoms with van der Waals surface area (Å²) in [6.45, 7) is 1.67. The first-order chi connectivity index (χ1) is 8.20. The lowest BCUT2D eigenvalue weighted by Gasteiger charge is -2.10. The van der Waals surface area contributed by atoms with Crippen LogP contribution >= 0.6 is 0 Å². The number of aromatic nitrogens is 3. The van der Waals surface area contributed by atoms with Crippen LogP contribution < -0.4 is 5.32 Å². The molecule has 0 saturated heterocycles. The summed E-state index contributed by atoms with van der Waals surface area (Å²) in [4.78, 5) is 15.5. The maximum absolute atomic E-state index is 11.2. The number of anilines is 1. The molecule has 2 rings (SSSR count). The summed E-state index contributed by atoms with van der Waals surface area (Å²) in [5, 5.41) is 10.7. The molecule has 88 valence electrons. The van der Waals surface area contributed by atoms with Gasteiger partial charge in [-0.05, 0) is 19.1 Å². The lowest BCUT2D eigenvalue weighted by Crippen LogP contribution is -2.28. The molecule has 0 aliphatic carbocycles. The first kappa shape index (κ1) is 11.3. The van der Waals surface area contributed by atoms with E-state index in [4.69, 9.17) is 0 Å². The molecule has 1 unspecified atom stereocenters. The third-order valence-corrected chi connectivity index (χ3v) is 2.26. The number of methoxy groups -OCH3 is 1. The monoisotopic (exact) mass is 232 g/mol. The van der Waals surface area contributed by atoms with Gasteiger partial charge in [0.25, 0.3) is 0 Å². The summed E-state index contributed by atoms with van der Waals surface area (Å²) in [6.07, 6.45) is 0. The van der Waals surface area contributed by atoms with Gasteiger partial charge in [0.05, 0.1) is 12.6 Å². The van der Waals surface area contributed by atoms with Crippen LogP contribution in [0.5, 0.6) is 0 Å². The number of hydrogen-bond acceptors (Lipinski definition) is 6. The van der Waals surface area contributed by atoms with Crippen LogP contribution in [0, 0.1) is 0 Å². The van der Waals surface area contributed by atoms with E-state index in [1.165, 1.54) is 7.11 Å². The standard InChI is InChI=1S/C11H12N4O2/c1-7(10(16)17-2)12-11-13-8-5-3-4-6-9(8)14-15-11/h3-7H,1-2H3,(H,12,13,15). The molecule has 0 fully saturated rings. The summed E-state index contributed by atoms with van der Waals surface area (Å²) in [7, 11) is 1.33. The summed E-state index contributed by atoms with van der Waals surface area (Å²) in [5.74, 6) is -0.0663. The second-order valence-electron chi connectivity index (χ2n) is 3.51. The first-order valence-electron chi connectivity index (χ1n) is 5.14. The van der Waals surface area contributed by atoms with E-state index in [0.29, 0.717) is 11.5 Å². The van der Waals surface area contributed by atoms with Crippen LogP contribution in [0.1, 0.15) is 6.92 Å². The molecule has 0 amide bonds. The molecule has 0 radical (unpaired) electrons. The van der Waals surface area contributed by atoms with E-state index in [0.717, 1.165) is 5.52 Å². The number of para-hydroxylation sites is 1. The molecule has 6 nitrogen and oxygen atoms in total. The fraction of sp³-hybridized carbons (Fsp3) is 0.273. The van der Waals surface area contributed by atoms with Crippen LogP contribution in [0.15, 0.2) is 24.3 Å². The van der Waals surface area contributed by atoms with Gasteiger partial charge in [0, 0.05) is 0 Å². The fourth-order valence-corrected chi connectivity index (χ4v) is 1.37. The molecule has 1 N–H and O–H groups in total. The van der Waals surface area contributed by atoms with E-state index in [1.54, 1.807) is 6.92 Å². The van der Waals surface area contributed by atoms with E-state index in [9.17, 15) is 4.79 Å². The van der Waals surface area contributed by atoms with Gasteiger partial charge in [0.1, 0.15) is 11.6 Å². The third kappa shape index (κ3) is 2.47. The number of carbonyl (C=O) groups is 1. The van der Waals surface area contributed by atoms with Crippen molar-refractivity contribution in [2.45, 2.75) is 13.0 Å². The Hall–Kier alpha value is -2.24. The molecule has 1 heterocycles. The molecular formula is C11H12N4O2. The Morgan fingerprint density at radius 3 is 2.71 bits per heavy atom. The average molecular weight is 232 g/mol. The lowest BCUT2D eigenvalue weighted by molar-refractivity contribution is -0.141. The lowest BCUT2D eigenvalue weighted by atomic mass is 10.3. The van der Waals surface area contributed by atoms with Crippen LogP contribution in [0.3, 0.4) is 0 Å². The molecule has 1 aromatic heterocycles. The zero-order chi connectivity index (χ0) is 12.3. The minimum atomic E-state index is -0.511. The largest absolute Gasteiger partial charge is 0.467 e. The van der Waals surface area contributed by atoms with Crippen molar-refractivity contribution in [1.82, 2.24) is 15.2 Å². The summed E-state index contributed by atoms with van der Waals surface area (Å²) < 4.78 is 4.59. The van der Waals surface area contributed by atoms with Gasteiger partial charge in [-0.3, -0.25) is 0 Å². The minimum Gasteiger partial charge on any atom is -0.467 e. The maximum Gasteiger partial charge on any atom is 0.328 e. The zero-order valence-electron chi connectivity index (χ0n) is 9.54. The van der Waals surface area contributed by atoms with Crippen LogP contribution in [-0.2, 0) is 9.53 Å². The van der Waals surface area contributed by atoms with Crippen LogP contribution in [0.4, 0.5) is 5.95 Å². The highest BCUT2D eigenvalue weighted by Gasteiger charge is 2.14. The van der Waals surface area contributed by atoms with Gasteiger partial charge in [0.2, 0.25) is 5.95 Å². The molecule has 1 aromatic carbocycles. The van der Waals surface area contributed by atoms with Crippen LogP contribution in [0.2, 0.25) is 0 Å². The average Bonchev–Trinajstić information content (AvgIpc) is 2.37. The number of carbonyl (C=O) groups excluding carboxylic acids is 1. The molecule has 1 atom stereocenters. The van der Waals surface area contributed by atoms with E-state index in [1.807, 2.05) is 24.3 Å². The number of esters is 1. The highest BCUT2D eigenvalue weighted by Crippen LogP contribution is 2.09. The third-order valence-electron chi connectivity index (χ3n) is 2.26. The van der Waals surface area contributed by atoms with Crippen molar-refractivity contribution in [1.29, 1.82) is 0 Å². The van der Waals surface area contributed by atoms with Gasteiger partial charge in [0.15, 0.2) is 0 Å². The predicted octanol–water partition coefficient (Wildman–Crippen LogP) is 0.998. The Morgan fingerprint density at radius 2 is 2.00 bits per heavy atom. The van der Waals surface area contributed by atoms with Crippen LogP contribution in [-0.4, -0.2) is 34.3 Å². The van der Waals surface area contributed by atoms with Gasteiger partial charge in [-0.25, -0.2) is 9.78 Å². The smallest absolute Gasteiger partial charge is 0.328 e. The summed E-state index contributed by atoms with van der Waals surface area (Å²) >= 11 is 0. The number of nitrogens with zero attached hydrogens (tertiary/aromatic N) is 3. The normalized spacial score (nSPS) is 12.1. The topological polar surface area (TPSA) is 77.0 Å². The van der Waals surface area contributed by atoms with Crippen molar-refractivity contribution in [3.8, 4) is 0 Å².